The van der Waals surface area contributed by atoms with Crippen molar-refractivity contribution in [1.82, 2.24) is 10.1 Å². The summed E-state index contributed by atoms with van der Waals surface area (Å²) in [6, 6.07) is 4.49. The Labute approximate surface area is 124 Å². The van der Waals surface area contributed by atoms with Gasteiger partial charge < -0.3 is 10.3 Å². The summed E-state index contributed by atoms with van der Waals surface area (Å²) in [4.78, 5) is 4.37. The minimum Gasteiger partial charge on any atom is -0.334 e. The maximum Gasteiger partial charge on any atom is 0.258 e. The van der Waals surface area contributed by atoms with Gasteiger partial charge in [-0.3, -0.25) is 0 Å². The Morgan fingerprint density at radius 3 is 2.65 bits per heavy atom. The average molecular weight is 340 g/mol. The van der Waals surface area contributed by atoms with Gasteiger partial charge in [0.2, 0.25) is 0 Å². The lowest BCUT2D eigenvalue weighted by atomic mass is 9.82. The zero-order valence-electron chi connectivity index (χ0n) is 10.9. The maximum atomic E-state index is 13.4. The molecule has 1 aromatic carbocycles. The number of aromatic nitrogens is 2. The third kappa shape index (κ3) is 2.62. The van der Waals surface area contributed by atoms with Crippen LogP contribution in [-0.4, -0.2) is 10.1 Å². The molecule has 0 atom stereocenters. The summed E-state index contributed by atoms with van der Waals surface area (Å²) in [5.41, 5.74) is 6.40. The lowest BCUT2D eigenvalue weighted by molar-refractivity contribution is 0.275. The van der Waals surface area contributed by atoms with Crippen LogP contribution in [0.25, 0.3) is 11.5 Å². The summed E-state index contributed by atoms with van der Waals surface area (Å²) in [6.07, 6.45) is 5.07. The standard InChI is InChI=1S/C14H15BrFN3O/c15-10-6-9(7-11(16)8-10)12-18-13(19-20-12)14(17)4-2-1-3-5-14/h6-8H,1-5,17H2. The van der Waals surface area contributed by atoms with E-state index in [4.69, 9.17) is 10.3 Å². The van der Waals surface area contributed by atoms with E-state index in [1.165, 1.54) is 18.6 Å². The molecule has 2 aromatic rings. The van der Waals surface area contributed by atoms with Crippen molar-refractivity contribution in [3.8, 4) is 11.5 Å². The molecule has 0 bridgehead atoms. The summed E-state index contributed by atoms with van der Waals surface area (Å²) in [6.45, 7) is 0. The fourth-order valence-corrected chi connectivity index (χ4v) is 3.09. The van der Waals surface area contributed by atoms with Crippen molar-refractivity contribution in [2.24, 2.45) is 5.73 Å². The van der Waals surface area contributed by atoms with Crippen LogP contribution in [0.5, 0.6) is 0 Å². The van der Waals surface area contributed by atoms with Crippen LogP contribution < -0.4 is 5.73 Å². The number of hydrogen-bond acceptors (Lipinski definition) is 4. The van der Waals surface area contributed by atoms with Crippen molar-refractivity contribution in [3.05, 3.63) is 34.3 Å². The Morgan fingerprint density at radius 1 is 1.20 bits per heavy atom. The summed E-state index contributed by atoms with van der Waals surface area (Å²) < 4.78 is 19.3. The Balaban J connectivity index is 1.93. The van der Waals surface area contributed by atoms with Crippen molar-refractivity contribution in [2.45, 2.75) is 37.6 Å². The minimum absolute atomic E-state index is 0.301. The molecule has 0 unspecified atom stereocenters. The lowest BCUT2D eigenvalue weighted by Gasteiger charge is -2.29. The Morgan fingerprint density at radius 2 is 1.95 bits per heavy atom. The quantitative estimate of drug-likeness (QED) is 0.904. The molecular weight excluding hydrogens is 325 g/mol. The first-order valence-electron chi connectivity index (χ1n) is 6.66. The van der Waals surface area contributed by atoms with E-state index in [1.807, 2.05) is 0 Å². The molecule has 0 aliphatic heterocycles. The Kier molecular flexibility index (Phi) is 3.60. The van der Waals surface area contributed by atoms with Crippen LogP contribution in [0.4, 0.5) is 4.39 Å². The van der Waals surface area contributed by atoms with E-state index in [1.54, 1.807) is 6.07 Å². The number of rotatable bonds is 2. The van der Waals surface area contributed by atoms with Gasteiger partial charge in [-0.25, -0.2) is 4.39 Å². The van der Waals surface area contributed by atoms with Gasteiger partial charge in [-0.15, -0.1) is 0 Å². The Hall–Kier alpha value is -1.27. The zero-order valence-corrected chi connectivity index (χ0v) is 12.5. The topological polar surface area (TPSA) is 64.9 Å². The fourth-order valence-electron chi connectivity index (χ4n) is 2.63. The molecule has 0 saturated heterocycles. The van der Waals surface area contributed by atoms with Gasteiger partial charge in [-0.1, -0.05) is 40.3 Å². The van der Waals surface area contributed by atoms with Crippen LogP contribution in [0.3, 0.4) is 0 Å². The van der Waals surface area contributed by atoms with E-state index < -0.39 is 5.54 Å². The van der Waals surface area contributed by atoms with E-state index in [0.717, 1.165) is 25.7 Å². The highest BCUT2D eigenvalue weighted by Crippen LogP contribution is 2.34. The first-order valence-corrected chi connectivity index (χ1v) is 7.46. The SMILES string of the molecule is NC1(c2noc(-c3cc(F)cc(Br)c3)n2)CCCCC1. The van der Waals surface area contributed by atoms with Crippen LogP contribution in [0.2, 0.25) is 0 Å². The zero-order chi connectivity index (χ0) is 14.2. The highest BCUT2D eigenvalue weighted by Gasteiger charge is 2.34. The lowest BCUT2D eigenvalue weighted by Crippen LogP contribution is -2.39. The number of halogens is 2. The summed E-state index contributed by atoms with van der Waals surface area (Å²) in [5.74, 6) is 0.470. The van der Waals surface area contributed by atoms with E-state index in [2.05, 4.69) is 26.1 Å². The molecule has 0 spiro atoms. The number of hydrogen-bond donors (Lipinski definition) is 1. The normalized spacial score (nSPS) is 18.1. The van der Waals surface area contributed by atoms with E-state index in [-0.39, 0.29) is 5.82 Å². The molecule has 2 N–H and O–H groups in total. The van der Waals surface area contributed by atoms with Gasteiger partial charge in [-0.05, 0) is 31.0 Å². The second kappa shape index (κ2) is 5.26. The minimum atomic E-state index is -0.509. The summed E-state index contributed by atoms with van der Waals surface area (Å²) >= 11 is 3.25. The average Bonchev–Trinajstić information content (AvgIpc) is 2.89. The molecule has 1 fully saturated rings. The Bertz CT molecular complexity index is 602. The van der Waals surface area contributed by atoms with E-state index in [9.17, 15) is 4.39 Å². The second-order valence-electron chi connectivity index (χ2n) is 5.30. The van der Waals surface area contributed by atoms with Gasteiger partial charge in [0.1, 0.15) is 5.82 Å². The smallest absolute Gasteiger partial charge is 0.258 e. The first kappa shape index (κ1) is 13.7. The van der Waals surface area contributed by atoms with Gasteiger partial charge in [0, 0.05) is 10.0 Å². The highest BCUT2D eigenvalue weighted by atomic mass is 79.9. The first-order chi connectivity index (χ1) is 9.57. The van der Waals surface area contributed by atoms with Crippen molar-refractivity contribution in [1.29, 1.82) is 0 Å². The van der Waals surface area contributed by atoms with Crippen LogP contribution in [0.15, 0.2) is 27.2 Å². The van der Waals surface area contributed by atoms with Gasteiger partial charge >= 0.3 is 0 Å². The van der Waals surface area contributed by atoms with E-state index in [0.29, 0.717) is 21.8 Å². The fraction of sp³-hybridized carbons (Fsp3) is 0.429. The molecule has 106 valence electrons. The number of nitrogens with zero attached hydrogens (tertiary/aromatic N) is 2. The summed E-state index contributed by atoms with van der Waals surface area (Å²) in [7, 11) is 0. The van der Waals surface area contributed by atoms with Crippen LogP contribution in [0.1, 0.15) is 37.9 Å². The van der Waals surface area contributed by atoms with Gasteiger partial charge in [0.25, 0.3) is 5.89 Å². The largest absolute Gasteiger partial charge is 0.334 e. The van der Waals surface area contributed by atoms with Crippen molar-refractivity contribution in [2.75, 3.05) is 0 Å². The van der Waals surface area contributed by atoms with Gasteiger partial charge in [-0.2, -0.15) is 4.98 Å². The van der Waals surface area contributed by atoms with Crippen molar-refractivity contribution >= 4 is 15.9 Å². The van der Waals surface area contributed by atoms with Gasteiger partial charge in [0.15, 0.2) is 5.82 Å². The third-order valence-electron chi connectivity index (χ3n) is 3.73. The molecule has 0 radical (unpaired) electrons. The molecular formula is C14H15BrFN3O. The highest BCUT2D eigenvalue weighted by molar-refractivity contribution is 9.10. The van der Waals surface area contributed by atoms with Crippen LogP contribution >= 0.6 is 15.9 Å². The number of nitrogens with two attached hydrogens (primary N) is 1. The molecule has 1 heterocycles. The summed E-state index contributed by atoms with van der Waals surface area (Å²) in [5, 5.41) is 4.00. The third-order valence-corrected chi connectivity index (χ3v) is 4.18. The molecule has 20 heavy (non-hydrogen) atoms. The molecule has 1 aromatic heterocycles. The van der Waals surface area contributed by atoms with Gasteiger partial charge in [0.05, 0.1) is 5.54 Å². The van der Waals surface area contributed by atoms with Crippen LogP contribution in [-0.2, 0) is 5.54 Å². The van der Waals surface area contributed by atoms with E-state index >= 15 is 0 Å². The molecule has 6 heteroatoms. The molecule has 4 nitrogen and oxygen atoms in total. The van der Waals surface area contributed by atoms with Crippen molar-refractivity contribution in [3.63, 3.8) is 0 Å². The number of benzene rings is 1. The maximum absolute atomic E-state index is 13.4. The van der Waals surface area contributed by atoms with Crippen LogP contribution in [0, 0.1) is 5.82 Å². The molecule has 1 aliphatic rings. The van der Waals surface area contributed by atoms with Crippen molar-refractivity contribution < 1.29 is 8.91 Å². The molecule has 1 saturated carbocycles. The molecule has 3 rings (SSSR count). The monoisotopic (exact) mass is 339 g/mol. The second-order valence-corrected chi connectivity index (χ2v) is 6.21. The molecule has 0 amide bonds. The molecule has 1 aliphatic carbocycles. The predicted molar refractivity (Wildman–Crippen MR) is 76.3 cm³/mol. The predicted octanol–water partition coefficient (Wildman–Crippen LogP) is 3.76.